The highest BCUT2D eigenvalue weighted by atomic mass is 19.4. The van der Waals surface area contributed by atoms with Crippen LogP contribution >= 0.6 is 0 Å². The van der Waals surface area contributed by atoms with Crippen LogP contribution in [-0.4, -0.2) is 22.9 Å². The van der Waals surface area contributed by atoms with Crippen LogP contribution in [0, 0.1) is 0 Å². The first-order valence-electron chi connectivity index (χ1n) is 5.83. The summed E-state index contributed by atoms with van der Waals surface area (Å²) in [6.45, 7) is -0.201. The van der Waals surface area contributed by atoms with Crippen LogP contribution in [0.1, 0.15) is 29.2 Å². The maximum Gasteiger partial charge on any atom is 0.416 e. The Kier molecular flexibility index (Phi) is 5.24. The van der Waals surface area contributed by atoms with Crippen molar-refractivity contribution in [1.82, 2.24) is 0 Å². The van der Waals surface area contributed by atoms with Gasteiger partial charge in [-0.15, -0.1) is 0 Å². The van der Waals surface area contributed by atoms with Gasteiger partial charge in [-0.3, -0.25) is 0 Å². The zero-order valence-electron chi connectivity index (χ0n) is 10.5. The zero-order valence-corrected chi connectivity index (χ0v) is 10.5. The van der Waals surface area contributed by atoms with Crippen molar-refractivity contribution in [3.8, 4) is 0 Å². The molecule has 1 aromatic carbocycles. The van der Waals surface area contributed by atoms with E-state index in [9.17, 15) is 36.6 Å². The molecule has 3 nitrogen and oxygen atoms in total. The van der Waals surface area contributed by atoms with E-state index in [1.807, 2.05) is 0 Å². The Morgan fingerprint density at radius 1 is 0.952 bits per heavy atom. The molecule has 2 atom stereocenters. The van der Waals surface area contributed by atoms with Gasteiger partial charge in [0.1, 0.15) is 6.10 Å². The van der Waals surface area contributed by atoms with Crippen LogP contribution in [-0.2, 0) is 12.4 Å². The first-order chi connectivity index (χ1) is 9.50. The molecule has 4 N–H and O–H groups in total. The number of aliphatic hydroxyl groups excluding tert-OH is 2. The van der Waals surface area contributed by atoms with Gasteiger partial charge < -0.3 is 15.9 Å². The summed E-state index contributed by atoms with van der Waals surface area (Å²) in [4.78, 5) is 0. The Hall–Kier alpha value is -1.32. The van der Waals surface area contributed by atoms with Gasteiger partial charge in [-0.05, 0) is 25.1 Å². The number of rotatable bonds is 4. The number of benzene rings is 1. The maximum atomic E-state index is 12.8. The molecular formula is C12H13F6NO2. The van der Waals surface area contributed by atoms with E-state index < -0.39 is 41.3 Å². The van der Waals surface area contributed by atoms with Gasteiger partial charge in [0.25, 0.3) is 0 Å². The van der Waals surface area contributed by atoms with E-state index in [0.717, 1.165) is 0 Å². The van der Waals surface area contributed by atoms with Gasteiger partial charge in [-0.1, -0.05) is 6.07 Å². The maximum absolute atomic E-state index is 12.8. The van der Waals surface area contributed by atoms with E-state index in [0.29, 0.717) is 18.2 Å². The molecule has 0 radical (unpaired) electrons. The first-order valence-corrected chi connectivity index (χ1v) is 5.83. The number of nitrogens with two attached hydrogens (primary N) is 1. The van der Waals surface area contributed by atoms with E-state index in [1.165, 1.54) is 0 Å². The minimum Gasteiger partial charge on any atom is -0.390 e. The third-order valence-electron chi connectivity index (χ3n) is 2.84. The Bertz CT molecular complexity index is 453. The number of alkyl halides is 6. The van der Waals surface area contributed by atoms with Crippen LogP contribution < -0.4 is 5.73 Å². The van der Waals surface area contributed by atoms with Crippen molar-refractivity contribution in [2.75, 3.05) is 6.54 Å². The first kappa shape index (κ1) is 17.7. The summed E-state index contributed by atoms with van der Waals surface area (Å²) in [7, 11) is 0. The van der Waals surface area contributed by atoms with Gasteiger partial charge in [0.2, 0.25) is 0 Å². The molecule has 0 saturated heterocycles. The summed E-state index contributed by atoms with van der Waals surface area (Å²) in [5.74, 6) is 0. The summed E-state index contributed by atoms with van der Waals surface area (Å²) in [5, 5.41) is 19.2. The molecule has 0 aliphatic rings. The largest absolute Gasteiger partial charge is 0.416 e. The van der Waals surface area contributed by atoms with Crippen molar-refractivity contribution in [2.45, 2.75) is 31.0 Å². The van der Waals surface area contributed by atoms with Crippen LogP contribution in [0.5, 0.6) is 0 Å². The highest BCUT2D eigenvalue weighted by Crippen LogP contribution is 2.42. The quantitative estimate of drug-likeness (QED) is 0.748. The summed E-state index contributed by atoms with van der Waals surface area (Å²) < 4.78 is 77.0. The molecule has 9 heteroatoms. The van der Waals surface area contributed by atoms with E-state index >= 15 is 0 Å². The molecular weight excluding hydrogens is 304 g/mol. The van der Waals surface area contributed by atoms with Crippen molar-refractivity contribution in [3.63, 3.8) is 0 Å². The molecule has 1 aromatic rings. The predicted molar refractivity (Wildman–Crippen MR) is 61.1 cm³/mol. The molecule has 0 aliphatic carbocycles. The minimum absolute atomic E-state index is 0.201. The SMILES string of the molecule is NCCC(O)C(O)c1c(C(F)(F)F)cccc1C(F)(F)F. The zero-order chi connectivity index (χ0) is 16.4. The highest BCUT2D eigenvalue weighted by Gasteiger charge is 2.43. The molecule has 0 saturated carbocycles. The smallest absolute Gasteiger partial charge is 0.390 e. The molecule has 0 bridgehead atoms. The van der Waals surface area contributed by atoms with Gasteiger partial charge in [0.15, 0.2) is 0 Å². The molecule has 0 heterocycles. The van der Waals surface area contributed by atoms with Crippen LogP contribution in [0.3, 0.4) is 0 Å². The minimum atomic E-state index is -5.10. The van der Waals surface area contributed by atoms with Crippen molar-refractivity contribution in [1.29, 1.82) is 0 Å². The molecule has 1 rings (SSSR count). The summed E-state index contributed by atoms with van der Waals surface area (Å²) in [6.07, 6.45) is -14.7. The van der Waals surface area contributed by atoms with Crippen molar-refractivity contribution in [3.05, 3.63) is 34.9 Å². The third-order valence-corrected chi connectivity index (χ3v) is 2.84. The predicted octanol–water partition coefficient (Wildman–Crippen LogP) is 2.47. The van der Waals surface area contributed by atoms with Gasteiger partial charge in [-0.25, -0.2) is 0 Å². The van der Waals surface area contributed by atoms with E-state index in [-0.39, 0.29) is 13.0 Å². The Balaban J connectivity index is 3.50. The summed E-state index contributed by atoms with van der Waals surface area (Å²) in [5.41, 5.74) is 0.411. The number of hydrogen-bond acceptors (Lipinski definition) is 3. The van der Waals surface area contributed by atoms with Gasteiger partial charge in [0, 0.05) is 5.56 Å². The number of halogens is 6. The van der Waals surface area contributed by atoms with Gasteiger partial charge in [0.05, 0.1) is 17.2 Å². The van der Waals surface area contributed by atoms with Crippen LogP contribution in [0.4, 0.5) is 26.3 Å². The summed E-state index contributed by atoms with van der Waals surface area (Å²) in [6, 6.07) is 1.43. The standard InChI is InChI=1S/C12H13F6NO2/c13-11(14,15)6-2-1-3-7(12(16,17)18)9(6)10(21)8(20)4-5-19/h1-3,8,10,20-21H,4-5,19H2. The van der Waals surface area contributed by atoms with Gasteiger partial charge >= 0.3 is 12.4 Å². The molecule has 21 heavy (non-hydrogen) atoms. The third kappa shape index (κ3) is 4.08. The average molecular weight is 317 g/mol. The molecule has 2 unspecified atom stereocenters. The normalized spacial score (nSPS) is 15.9. The molecule has 0 aliphatic heterocycles. The Morgan fingerprint density at radius 3 is 1.71 bits per heavy atom. The number of aliphatic hydroxyl groups is 2. The highest BCUT2D eigenvalue weighted by molar-refractivity contribution is 5.41. The fraction of sp³-hybridized carbons (Fsp3) is 0.500. The molecule has 120 valence electrons. The average Bonchev–Trinajstić information content (AvgIpc) is 2.35. The second-order valence-corrected chi connectivity index (χ2v) is 4.35. The lowest BCUT2D eigenvalue weighted by atomic mass is 9.91. The second-order valence-electron chi connectivity index (χ2n) is 4.35. The van der Waals surface area contributed by atoms with Crippen LogP contribution in [0.25, 0.3) is 0 Å². The van der Waals surface area contributed by atoms with Gasteiger partial charge in [-0.2, -0.15) is 26.3 Å². The molecule has 0 amide bonds. The lowest BCUT2D eigenvalue weighted by molar-refractivity contribution is -0.147. The second kappa shape index (κ2) is 6.20. The molecule has 0 spiro atoms. The van der Waals surface area contributed by atoms with Crippen molar-refractivity contribution < 1.29 is 36.6 Å². The number of hydrogen-bond donors (Lipinski definition) is 3. The van der Waals surface area contributed by atoms with Crippen LogP contribution in [0.2, 0.25) is 0 Å². The fourth-order valence-electron chi connectivity index (χ4n) is 1.90. The topological polar surface area (TPSA) is 66.5 Å². The van der Waals surface area contributed by atoms with E-state index in [1.54, 1.807) is 0 Å². The van der Waals surface area contributed by atoms with E-state index in [4.69, 9.17) is 5.73 Å². The Labute approximate surface area is 116 Å². The van der Waals surface area contributed by atoms with Crippen LogP contribution in [0.15, 0.2) is 18.2 Å². The van der Waals surface area contributed by atoms with E-state index in [2.05, 4.69) is 0 Å². The van der Waals surface area contributed by atoms with Crippen molar-refractivity contribution in [2.24, 2.45) is 5.73 Å². The molecule has 0 aromatic heterocycles. The lowest BCUT2D eigenvalue weighted by Crippen LogP contribution is -2.27. The Morgan fingerprint density at radius 2 is 1.38 bits per heavy atom. The molecule has 0 fully saturated rings. The monoisotopic (exact) mass is 317 g/mol. The summed E-state index contributed by atoms with van der Waals surface area (Å²) >= 11 is 0. The van der Waals surface area contributed by atoms with Crippen molar-refractivity contribution >= 4 is 0 Å². The lowest BCUT2D eigenvalue weighted by Gasteiger charge is -2.25. The fourth-order valence-corrected chi connectivity index (χ4v) is 1.90.